The molecule has 16 heavy (non-hydrogen) atoms. The molecule has 1 N–H and O–H groups in total. The molecule has 1 saturated heterocycles. The molecular formula is C13H17NO2. The van der Waals surface area contributed by atoms with Gasteiger partial charge in [0.05, 0.1) is 13.5 Å². The molecule has 1 fully saturated rings. The van der Waals surface area contributed by atoms with Crippen molar-refractivity contribution in [3.05, 3.63) is 35.4 Å². The van der Waals surface area contributed by atoms with Crippen molar-refractivity contribution in [1.29, 1.82) is 0 Å². The Balaban J connectivity index is 2.09. The molecule has 1 heterocycles. The number of benzene rings is 1. The predicted molar refractivity (Wildman–Crippen MR) is 62.4 cm³/mol. The first-order valence-electron chi connectivity index (χ1n) is 5.66. The first kappa shape index (κ1) is 11.1. The molecule has 86 valence electrons. The number of nitrogens with one attached hydrogen (secondary N) is 1. The number of rotatable bonds is 3. The zero-order chi connectivity index (χ0) is 11.4. The van der Waals surface area contributed by atoms with Gasteiger partial charge in [-0.05, 0) is 30.0 Å². The number of hydrogen-bond donors (Lipinski definition) is 1. The maximum absolute atomic E-state index is 11.2. The molecule has 0 amide bonds. The van der Waals surface area contributed by atoms with E-state index >= 15 is 0 Å². The van der Waals surface area contributed by atoms with Crippen LogP contribution in [0.5, 0.6) is 0 Å². The number of carbonyl (C=O) groups excluding carboxylic acids is 1. The van der Waals surface area contributed by atoms with Gasteiger partial charge in [0.2, 0.25) is 0 Å². The lowest BCUT2D eigenvalue weighted by atomic mass is 9.96. The van der Waals surface area contributed by atoms with Crippen LogP contribution in [-0.2, 0) is 16.0 Å². The van der Waals surface area contributed by atoms with Crippen LogP contribution in [0, 0.1) is 0 Å². The number of ether oxygens (including phenoxy) is 1. The Morgan fingerprint density at radius 3 is 3.12 bits per heavy atom. The van der Waals surface area contributed by atoms with Crippen LogP contribution < -0.4 is 5.32 Å². The van der Waals surface area contributed by atoms with Crippen LogP contribution in [-0.4, -0.2) is 26.2 Å². The number of esters is 1. The van der Waals surface area contributed by atoms with Crippen molar-refractivity contribution in [2.45, 2.75) is 18.8 Å². The fraction of sp³-hybridized carbons (Fsp3) is 0.462. The Morgan fingerprint density at radius 2 is 2.44 bits per heavy atom. The van der Waals surface area contributed by atoms with Gasteiger partial charge >= 0.3 is 5.97 Å². The minimum atomic E-state index is -0.179. The van der Waals surface area contributed by atoms with Crippen LogP contribution >= 0.6 is 0 Å². The molecule has 3 nitrogen and oxygen atoms in total. The molecule has 1 atom stereocenters. The van der Waals surface area contributed by atoms with Gasteiger partial charge < -0.3 is 10.1 Å². The quantitative estimate of drug-likeness (QED) is 0.782. The highest BCUT2D eigenvalue weighted by Gasteiger charge is 2.16. The standard InChI is InChI=1S/C13H17NO2/c1-16-13(15)8-10-3-2-4-11(7-10)12-5-6-14-9-12/h2-4,7,12,14H,5-6,8-9H2,1H3. The first-order valence-corrected chi connectivity index (χ1v) is 5.66. The highest BCUT2D eigenvalue weighted by Crippen LogP contribution is 2.23. The molecule has 0 bridgehead atoms. The lowest BCUT2D eigenvalue weighted by Gasteiger charge is -2.10. The molecule has 0 aromatic heterocycles. The van der Waals surface area contributed by atoms with Crippen LogP contribution in [0.15, 0.2) is 24.3 Å². The number of methoxy groups -OCH3 is 1. The van der Waals surface area contributed by atoms with Gasteiger partial charge in [-0.1, -0.05) is 24.3 Å². The minimum Gasteiger partial charge on any atom is -0.469 e. The van der Waals surface area contributed by atoms with Gasteiger partial charge in [0.1, 0.15) is 0 Å². The Morgan fingerprint density at radius 1 is 1.56 bits per heavy atom. The van der Waals surface area contributed by atoms with E-state index in [1.54, 1.807) is 0 Å². The molecule has 2 rings (SSSR count). The Hall–Kier alpha value is -1.35. The summed E-state index contributed by atoms with van der Waals surface area (Å²) in [5.74, 6) is 0.416. The summed E-state index contributed by atoms with van der Waals surface area (Å²) in [6.07, 6.45) is 1.55. The summed E-state index contributed by atoms with van der Waals surface area (Å²) < 4.78 is 4.67. The highest BCUT2D eigenvalue weighted by atomic mass is 16.5. The van der Waals surface area contributed by atoms with E-state index in [1.807, 2.05) is 12.1 Å². The lowest BCUT2D eigenvalue weighted by molar-refractivity contribution is -0.139. The fourth-order valence-electron chi connectivity index (χ4n) is 2.14. The molecule has 0 spiro atoms. The van der Waals surface area contributed by atoms with Crippen LogP contribution in [0.1, 0.15) is 23.5 Å². The molecule has 0 aliphatic carbocycles. The van der Waals surface area contributed by atoms with E-state index in [1.165, 1.54) is 19.1 Å². The highest BCUT2D eigenvalue weighted by molar-refractivity contribution is 5.72. The van der Waals surface area contributed by atoms with E-state index in [9.17, 15) is 4.79 Å². The second-order valence-corrected chi connectivity index (χ2v) is 4.19. The molecule has 0 saturated carbocycles. The third kappa shape index (κ3) is 2.61. The summed E-state index contributed by atoms with van der Waals surface area (Å²) in [4.78, 5) is 11.2. The average Bonchev–Trinajstić information content (AvgIpc) is 2.83. The van der Waals surface area contributed by atoms with Gasteiger partial charge in [-0.15, -0.1) is 0 Å². The third-order valence-corrected chi connectivity index (χ3v) is 3.06. The summed E-state index contributed by atoms with van der Waals surface area (Å²) in [7, 11) is 1.42. The van der Waals surface area contributed by atoms with Crippen molar-refractivity contribution >= 4 is 5.97 Å². The van der Waals surface area contributed by atoms with Crippen molar-refractivity contribution in [3.63, 3.8) is 0 Å². The van der Waals surface area contributed by atoms with Crippen LogP contribution in [0.25, 0.3) is 0 Å². The maximum Gasteiger partial charge on any atom is 0.309 e. The lowest BCUT2D eigenvalue weighted by Crippen LogP contribution is -2.09. The van der Waals surface area contributed by atoms with Crippen molar-refractivity contribution in [2.75, 3.05) is 20.2 Å². The third-order valence-electron chi connectivity index (χ3n) is 3.06. The summed E-state index contributed by atoms with van der Waals surface area (Å²) >= 11 is 0. The monoisotopic (exact) mass is 219 g/mol. The van der Waals surface area contributed by atoms with Crippen molar-refractivity contribution in [3.8, 4) is 0 Å². The SMILES string of the molecule is COC(=O)Cc1cccc(C2CCNC2)c1. The number of carbonyl (C=O) groups is 1. The summed E-state index contributed by atoms with van der Waals surface area (Å²) in [5, 5.41) is 3.35. The van der Waals surface area contributed by atoms with Crippen LogP contribution in [0.4, 0.5) is 0 Å². The van der Waals surface area contributed by atoms with Crippen molar-refractivity contribution < 1.29 is 9.53 Å². The average molecular weight is 219 g/mol. The maximum atomic E-state index is 11.2. The van der Waals surface area contributed by atoms with Crippen LogP contribution in [0.2, 0.25) is 0 Å². The molecular weight excluding hydrogens is 202 g/mol. The molecule has 1 aliphatic rings. The summed E-state index contributed by atoms with van der Waals surface area (Å²) in [6.45, 7) is 2.13. The largest absolute Gasteiger partial charge is 0.469 e. The summed E-state index contributed by atoms with van der Waals surface area (Å²) in [6, 6.07) is 8.25. The van der Waals surface area contributed by atoms with E-state index in [4.69, 9.17) is 0 Å². The predicted octanol–water partition coefficient (Wildman–Crippen LogP) is 1.48. The van der Waals surface area contributed by atoms with E-state index < -0.39 is 0 Å². The molecule has 0 radical (unpaired) electrons. The van der Waals surface area contributed by atoms with E-state index in [0.29, 0.717) is 12.3 Å². The van der Waals surface area contributed by atoms with Gasteiger partial charge in [0, 0.05) is 6.54 Å². The molecule has 3 heteroatoms. The van der Waals surface area contributed by atoms with Gasteiger partial charge in [-0.2, -0.15) is 0 Å². The zero-order valence-corrected chi connectivity index (χ0v) is 9.53. The Bertz CT molecular complexity index is 370. The van der Waals surface area contributed by atoms with E-state index in [-0.39, 0.29) is 5.97 Å². The molecule has 1 aromatic rings. The topological polar surface area (TPSA) is 38.3 Å². The van der Waals surface area contributed by atoms with Crippen molar-refractivity contribution in [2.24, 2.45) is 0 Å². The van der Waals surface area contributed by atoms with Crippen LogP contribution in [0.3, 0.4) is 0 Å². The molecule has 1 unspecified atom stereocenters. The zero-order valence-electron chi connectivity index (χ0n) is 9.53. The van der Waals surface area contributed by atoms with Gasteiger partial charge in [0.25, 0.3) is 0 Å². The van der Waals surface area contributed by atoms with E-state index in [2.05, 4.69) is 22.2 Å². The first-order chi connectivity index (χ1) is 7.79. The van der Waals surface area contributed by atoms with Crippen molar-refractivity contribution in [1.82, 2.24) is 5.32 Å². The second kappa shape index (κ2) is 5.12. The Labute approximate surface area is 95.8 Å². The van der Waals surface area contributed by atoms with Gasteiger partial charge in [-0.25, -0.2) is 0 Å². The van der Waals surface area contributed by atoms with Gasteiger partial charge in [0.15, 0.2) is 0 Å². The minimum absolute atomic E-state index is 0.179. The van der Waals surface area contributed by atoms with E-state index in [0.717, 1.165) is 18.7 Å². The smallest absolute Gasteiger partial charge is 0.309 e. The molecule has 1 aromatic carbocycles. The normalized spacial score (nSPS) is 19.7. The number of hydrogen-bond acceptors (Lipinski definition) is 3. The second-order valence-electron chi connectivity index (χ2n) is 4.19. The molecule has 1 aliphatic heterocycles. The summed E-state index contributed by atoms with van der Waals surface area (Å²) in [5.41, 5.74) is 2.36. The fourth-order valence-corrected chi connectivity index (χ4v) is 2.14. The van der Waals surface area contributed by atoms with Gasteiger partial charge in [-0.3, -0.25) is 4.79 Å². The Kier molecular flexibility index (Phi) is 3.57.